The first-order chi connectivity index (χ1) is 19.4. The Labute approximate surface area is 254 Å². The van der Waals surface area contributed by atoms with Gasteiger partial charge < -0.3 is 14.7 Å². The predicted molar refractivity (Wildman–Crippen MR) is 163 cm³/mol. The van der Waals surface area contributed by atoms with Gasteiger partial charge in [-0.15, -0.1) is 0 Å². The van der Waals surface area contributed by atoms with Crippen molar-refractivity contribution < 1.29 is 14.4 Å². The molecule has 0 aromatic heterocycles. The van der Waals surface area contributed by atoms with E-state index in [2.05, 4.69) is 62.3 Å². The Hall–Kier alpha value is -1.59. The molecular weight excluding hydrogens is 522 g/mol. The van der Waals surface area contributed by atoms with Crippen molar-refractivity contribution in [1.29, 1.82) is 0 Å². The van der Waals surface area contributed by atoms with E-state index >= 15 is 0 Å². The largest absolute Gasteiger partial charge is 0.307 e. The Balaban J connectivity index is 1.18. The zero-order valence-electron chi connectivity index (χ0n) is 28.0. The topological polar surface area (TPSA) is 60.9 Å². The first-order valence-electron chi connectivity index (χ1n) is 17.3. The zero-order valence-corrected chi connectivity index (χ0v) is 28.0. The minimum absolute atomic E-state index is 0.0277. The number of amides is 3. The minimum atomic E-state index is -0.0314. The summed E-state index contributed by atoms with van der Waals surface area (Å²) in [5.74, 6) is 2.13. The van der Waals surface area contributed by atoms with Crippen molar-refractivity contribution in [3.63, 3.8) is 0 Å². The Bertz CT molecular complexity index is 1070. The number of carbonyl (C=O) groups excluding carboxylic acids is 3. The van der Waals surface area contributed by atoms with Crippen LogP contribution in [0.4, 0.5) is 0 Å². The highest BCUT2D eigenvalue weighted by Gasteiger charge is 2.67. The van der Waals surface area contributed by atoms with Gasteiger partial charge in [-0.2, -0.15) is 0 Å². The highest BCUT2D eigenvalue weighted by atomic mass is 16.2. The molecule has 0 aromatic carbocycles. The number of fused-ring (bicyclic) bond motifs is 6. The summed E-state index contributed by atoms with van der Waals surface area (Å²) in [7, 11) is 0. The van der Waals surface area contributed by atoms with E-state index in [0.29, 0.717) is 37.8 Å². The van der Waals surface area contributed by atoms with Crippen LogP contribution in [-0.2, 0) is 14.4 Å². The molecule has 1 saturated heterocycles. The lowest BCUT2D eigenvalue weighted by atomic mass is 9.66. The normalized spacial score (nSPS) is 47.5. The van der Waals surface area contributed by atoms with Crippen LogP contribution in [0.5, 0.6) is 0 Å². The lowest BCUT2D eigenvalue weighted by Crippen LogP contribution is -2.63. The van der Waals surface area contributed by atoms with Gasteiger partial charge in [-0.05, 0) is 108 Å². The minimum Gasteiger partial charge on any atom is -0.307 e. The van der Waals surface area contributed by atoms with Gasteiger partial charge in [0.25, 0.3) is 0 Å². The lowest BCUT2D eigenvalue weighted by molar-refractivity contribution is -0.169. The third-order valence-electron chi connectivity index (χ3n) is 17.2. The average molecular weight is 580 g/mol. The highest BCUT2D eigenvalue weighted by Crippen LogP contribution is 2.70. The van der Waals surface area contributed by atoms with E-state index in [4.69, 9.17) is 0 Å². The molecule has 3 amide bonds. The summed E-state index contributed by atoms with van der Waals surface area (Å²) in [4.78, 5) is 49.2. The summed E-state index contributed by atoms with van der Waals surface area (Å²) in [5, 5.41) is 0. The first-order valence-corrected chi connectivity index (χ1v) is 17.3. The van der Waals surface area contributed by atoms with Crippen molar-refractivity contribution in [2.45, 2.75) is 120 Å². The number of hydrogen-bond donors (Lipinski definition) is 0. The van der Waals surface area contributed by atoms with Gasteiger partial charge >= 0.3 is 0 Å². The fourth-order valence-corrected chi connectivity index (χ4v) is 12.6. The summed E-state index contributed by atoms with van der Waals surface area (Å²) in [5.41, 5.74) is 0.335. The molecule has 9 atom stereocenters. The second-order valence-electron chi connectivity index (χ2n) is 18.5. The fraction of sp³-hybridized carbons (Fsp3) is 0.917. The SMILES string of the molecule is CC1(C)C2CCC1(C)C(C(=O)N1CN(C(=O)C3CC4CCC3(C)C4(C)C)CN(C(=O)C3CC4CCC3(C)C4(C)C)C1)C2. The van der Waals surface area contributed by atoms with Crippen LogP contribution in [0.2, 0.25) is 0 Å². The van der Waals surface area contributed by atoms with Gasteiger partial charge in [0, 0.05) is 17.8 Å². The second kappa shape index (κ2) is 8.56. The summed E-state index contributed by atoms with van der Waals surface area (Å²) in [6, 6.07) is 0. The van der Waals surface area contributed by atoms with Gasteiger partial charge in [-0.25, -0.2) is 0 Å². The van der Waals surface area contributed by atoms with E-state index in [0.717, 1.165) is 38.5 Å². The van der Waals surface area contributed by atoms with Gasteiger partial charge in [0.1, 0.15) is 0 Å². The van der Waals surface area contributed by atoms with E-state index in [-0.39, 0.29) is 68.0 Å². The third-order valence-corrected chi connectivity index (χ3v) is 17.2. The Morgan fingerprint density at radius 2 is 0.690 bits per heavy atom. The average Bonchev–Trinajstić information content (AvgIpc) is 3.60. The van der Waals surface area contributed by atoms with E-state index < -0.39 is 0 Å². The number of carbonyl (C=O) groups is 3. The van der Waals surface area contributed by atoms with Gasteiger partial charge in [-0.1, -0.05) is 62.3 Å². The highest BCUT2D eigenvalue weighted by molar-refractivity contribution is 5.86. The molecular formula is C36H57N3O3. The molecule has 6 aliphatic carbocycles. The van der Waals surface area contributed by atoms with Crippen LogP contribution in [0, 0.1) is 68.0 Å². The van der Waals surface area contributed by atoms with E-state index in [1.54, 1.807) is 0 Å². The van der Waals surface area contributed by atoms with Crippen LogP contribution >= 0.6 is 0 Å². The molecule has 0 N–H and O–H groups in total. The summed E-state index contributed by atoms with van der Waals surface area (Å²) >= 11 is 0. The van der Waals surface area contributed by atoms with Crippen LogP contribution < -0.4 is 0 Å². The summed E-state index contributed by atoms with van der Waals surface area (Å²) < 4.78 is 0. The quantitative estimate of drug-likeness (QED) is 0.372. The van der Waals surface area contributed by atoms with Crippen LogP contribution in [0.3, 0.4) is 0 Å². The monoisotopic (exact) mass is 579 g/mol. The number of hydrogen-bond acceptors (Lipinski definition) is 3. The molecule has 7 rings (SSSR count). The number of nitrogens with zero attached hydrogens (tertiary/aromatic N) is 3. The van der Waals surface area contributed by atoms with Crippen LogP contribution in [0.15, 0.2) is 0 Å². The van der Waals surface area contributed by atoms with Crippen molar-refractivity contribution >= 4 is 17.7 Å². The maximum atomic E-state index is 14.5. The molecule has 6 heteroatoms. The standard InChI is InChI=1S/C36H57N3O3/c1-31(2)22-10-13-34(31,7)25(16-22)28(40)37-19-38(29(41)26-17-23-11-14-35(26,8)32(23,3)4)21-39(20-37)30(42)27-18-24-12-15-36(27,9)33(24,5)6/h22-27H,10-21H2,1-9H3. The molecule has 7 fully saturated rings. The molecule has 234 valence electrons. The number of rotatable bonds is 3. The molecule has 6 bridgehead atoms. The maximum Gasteiger partial charge on any atom is 0.229 e. The van der Waals surface area contributed by atoms with Crippen molar-refractivity contribution in [3.8, 4) is 0 Å². The molecule has 0 aromatic rings. The Kier molecular flexibility index (Phi) is 5.94. The van der Waals surface area contributed by atoms with E-state index in [9.17, 15) is 14.4 Å². The summed E-state index contributed by atoms with van der Waals surface area (Å²) in [6.45, 7) is 22.1. The second-order valence-corrected chi connectivity index (χ2v) is 18.5. The van der Waals surface area contributed by atoms with Gasteiger partial charge in [0.2, 0.25) is 17.7 Å². The fourth-order valence-electron chi connectivity index (χ4n) is 12.6. The molecule has 0 spiro atoms. The lowest BCUT2D eigenvalue weighted by Gasteiger charge is -2.49. The van der Waals surface area contributed by atoms with Gasteiger partial charge in [0.05, 0.1) is 20.0 Å². The third kappa shape index (κ3) is 3.31. The Morgan fingerprint density at radius 1 is 0.452 bits per heavy atom. The van der Waals surface area contributed by atoms with E-state index in [1.807, 2.05) is 14.7 Å². The molecule has 0 radical (unpaired) electrons. The maximum absolute atomic E-state index is 14.5. The van der Waals surface area contributed by atoms with Crippen LogP contribution in [-0.4, -0.2) is 52.4 Å². The summed E-state index contributed by atoms with van der Waals surface area (Å²) in [6.07, 6.45) is 9.70. The Morgan fingerprint density at radius 3 is 0.857 bits per heavy atom. The van der Waals surface area contributed by atoms with Crippen molar-refractivity contribution in [2.24, 2.45) is 68.0 Å². The van der Waals surface area contributed by atoms with Gasteiger partial charge in [0.15, 0.2) is 0 Å². The van der Waals surface area contributed by atoms with Crippen molar-refractivity contribution in [3.05, 3.63) is 0 Å². The molecule has 42 heavy (non-hydrogen) atoms. The van der Waals surface area contributed by atoms with Crippen molar-refractivity contribution in [1.82, 2.24) is 14.7 Å². The molecule has 9 unspecified atom stereocenters. The molecule has 1 heterocycles. The van der Waals surface area contributed by atoms with E-state index in [1.165, 1.54) is 19.3 Å². The zero-order chi connectivity index (χ0) is 30.4. The van der Waals surface area contributed by atoms with Gasteiger partial charge in [-0.3, -0.25) is 14.4 Å². The predicted octanol–water partition coefficient (Wildman–Crippen LogP) is 6.75. The van der Waals surface area contributed by atoms with Crippen LogP contribution in [0.25, 0.3) is 0 Å². The van der Waals surface area contributed by atoms with Crippen molar-refractivity contribution in [2.75, 3.05) is 20.0 Å². The first kappa shape index (κ1) is 29.1. The molecule has 6 saturated carbocycles. The van der Waals surface area contributed by atoms with Crippen LogP contribution in [0.1, 0.15) is 120 Å². The molecule has 1 aliphatic heterocycles. The smallest absolute Gasteiger partial charge is 0.229 e. The molecule has 6 nitrogen and oxygen atoms in total. The molecule has 7 aliphatic rings.